The minimum Gasteiger partial charge on any atom is -0.380 e. The van der Waals surface area contributed by atoms with Crippen LogP contribution in [0.5, 0.6) is 0 Å². The Morgan fingerprint density at radius 2 is 1.58 bits per heavy atom. The van der Waals surface area contributed by atoms with Crippen LogP contribution in [-0.2, 0) is 11.3 Å². The number of anilines is 1. The van der Waals surface area contributed by atoms with Crippen LogP contribution in [0.1, 0.15) is 57.5 Å². The molecule has 0 N–H and O–H groups in total. The minimum atomic E-state index is 0.478. The van der Waals surface area contributed by atoms with Gasteiger partial charge in [-0.15, -0.1) is 0 Å². The molecule has 31 heavy (non-hydrogen) atoms. The van der Waals surface area contributed by atoms with Gasteiger partial charge in [-0.05, 0) is 63.5 Å². The lowest BCUT2D eigenvalue weighted by Crippen LogP contribution is -2.66. The highest BCUT2D eigenvalue weighted by Gasteiger charge is 2.49. The van der Waals surface area contributed by atoms with E-state index < -0.39 is 0 Å². The summed E-state index contributed by atoms with van der Waals surface area (Å²) in [6.45, 7) is 19.8. The van der Waals surface area contributed by atoms with E-state index in [9.17, 15) is 0 Å². The summed E-state index contributed by atoms with van der Waals surface area (Å²) in [5, 5.41) is 0. The topological polar surface area (TPSA) is 41.5 Å². The second-order valence-corrected chi connectivity index (χ2v) is 8.28. The molecule has 0 bridgehead atoms. The number of likely N-dealkylation sites (tertiary alicyclic amines) is 1. The van der Waals surface area contributed by atoms with Crippen LogP contribution >= 0.6 is 0 Å². The van der Waals surface area contributed by atoms with Gasteiger partial charge in [0.1, 0.15) is 5.82 Å². The Hall–Kier alpha value is -1.98. The van der Waals surface area contributed by atoms with Crippen molar-refractivity contribution in [3.05, 3.63) is 53.5 Å². The van der Waals surface area contributed by atoms with Gasteiger partial charge in [-0.2, -0.15) is 0 Å². The molecule has 0 aromatic carbocycles. The second-order valence-electron chi connectivity index (χ2n) is 8.28. The number of rotatable bonds is 3. The quantitative estimate of drug-likeness (QED) is 0.669. The van der Waals surface area contributed by atoms with Crippen LogP contribution < -0.4 is 4.90 Å². The molecule has 0 atom stereocenters. The molecule has 3 aliphatic rings. The standard InChI is InChI=1S/C11H14N2O.C11H16N2.2C2H6/c1-9-3-2-4-10(12-9)13-5-11(6-13)7-14-8-11;1-10-4-5-11(8-12-10)9-13-6-2-3-7-13;2*1-2/h2-4H,5-8H2,1H3;4-5,8H,2-3,6-7,9H2,1H3;2*1-2H3. The van der Waals surface area contributed by atoms with E-state index in [1.807, 2.05) is 53.8 Å². The number of pyridine rings is 2. The van der Waals surface area contributed by atoms with Crippen LogP contribution in [0.4, 0.5) is 5.82 Å². The average Bonchev–Trinajstić information content (AvgIpc) is 3.25. The van der Waals surface area contributed by atoms with E-state index in [0.29, 0.717) is 5.41 Å². The third-order valence-electron chi connectivity index (χ3n) is 5.64. The lowest BCUT2D eigenvalue weighted by Gasteiger charge is -2.55. The molecule has 5 rings (SSSR count). The Morgan fingerprint density at radius 3 is 2.10 bits per heavy atom. The molecule has 3 saturated heterocycles. The zero-order chi connectivity index (χ0) is 22.7. The van der Waals surface area contributed by atoms with Crippen molar-refractivity contribution < 1.29 is 4.74 Å². The van der Waals surface area contributed by atoms with Gasteiger partial charge >= 0.3 is 0 Å². The van der Waals surface area contributed by atoms with E-state index in [1.165, 1.54) is 31.5 Å². The van der Waals surface area contributed by atoms with Crippen molar-refractivity contribution in [1.29, 1.82) is 0 Å². The van der Waals surface area contributed by atoms with Gasteiger partial charge in [0.15, 0.2) is 0 Å². The van der Waals surface area contributed by atoms with Crippen molar-refractivity contribution in [2.75, 3.05) is 44.3 Å². The zero-order valence-electron chi connectivity index (χ0n) is 20.5. The SMILES string of the molecule is CC.CC.Cc1ccc(CN2CCCC2)cn1.Cc1cccc(N2CC3(COC3)C2)n1. The molecule has 2 aromatic heterocycles. The molecule has 0 radical (unpaired) electrons. The predicted octanol–water partition coefficient (Wildman–Crippen LogP) is 5.26. The molecule has 5 heterocycles. The molecule has 5 nitrogen and oxygen atoms in total. The molecule has 0 amide bonds. The maximum Gasteiger partial charge on any atom is 0.128 e. The molecule has 0 unspecified atom stereocenters. The summed E-state index contributed by atoms with van der Waals surface area (Å²) in [6, 6.07) is 10.5. The highest BCUT2D eigenvalue weighted by Crippen LogP contribution is 2.39. The van der Waals surface area contributed by atoms with E-state index in [2.05, 4.69) is 44.0 Å². The maximum atomic E-state index is 5.24. The third-order valence-corrected chi connectivity index (χ3v) is 5.64. The number of ether oxygens (including phenoxy) is 1. The van der Waals surface area contributed by atoms with Gasteiger partial charge in [0.25, 0.3) is 0 Å². The monoisotopic (exact) mass is 426 g/mol. The maximum absolute atomic E-state index is 5.24. The van der Waals surface area contributed by atoms with Crippen LogP contribution in [0.2, 0.25) is 0 Å². The van der Waals surface area contributed by atoms with E-state index in [0.717, 1.165) is 50.1 Å². The number of hydrogen-bond acceptors (Lipinski definition) is 5. The molecular formula is C26H42N4O. The van der Waals surface area contributed by atoms with Crippen LogP contribution in [0.15, 0.2) is 36.5 Å². The average molecular weight is 427 g/mol. The van der Waals surface area contributed by atoms with Crippen molar-refractivity contribution in [1.82, 2.24) is 14.9 Å². The Labute approximate surface area is 189 Å². The predicted molar refractivity (Wildman–Crippen MR) is 131 cm³/mol. The van der Waals surface area contributed by atoms with Crippen molar-refractivity contribution in [3.63, 3.8) is 0 Å². The minimum absolute atomic E-state index is 0.478. The van der Waals surface area contributed by atoms with Gasteiger partial charge in [-0.3, -0.25) is 9.88 Å². The second kappa shape index (κ2) is 12.8. The lowest BCUT2D eigenvalue weighted by atomic mass is 9.78. The zero-order valence-corrected chi connectivity index (χ0v) is 20.5. The Kier molecular flexibility index (Phi) is 10.4. The van der Waals surface area contributed by atoms with E-state index in [-0.39, 0.29) is 0 Å². The fourth-order valence-electron chi connectivity index (χ4n) is 3.99. The molecular weight excluding hydrogens is 384 g/mol. The normalized spacial score (nSPS) is 18.3. The van der Waals surface area contributed by atoms with Gasteiger partial charge in [-0.1, -0.05) is 39.8 Å². The highest BCUT2D eigenvalue weighted by molar-refractivity contribution is 5.44. The molecule has 3 fully saturated rings. The summed E-state index contributed by atoms with van der Waals surface area (Å²) in [6.07, 6.45) is 4.71. The van der Waals surface area contributed by atoms with Crippen molar-refractivity contribution in [2.45, 2.75) is 60.9 Å². The summed E-state index contributed by atoms with van der Waals surface area (Å²) in [5.41, 5.74) is 4.01. The van der Waals surface area contributed by atoms with Crippen LogP contribution in [0.3, 0.4) is 0 Å². The summed E-state index contributed by atoms with van der Waals surface area (Å²) in [7, 11) is 0. The fraction of sp³-hybridized carbons (Fsp3) is 0.615. The Balaban J connectivity index is 0.000000191. The molecule has 2 aromatic rings. The molecule has 3 aliphatic heterocycles. The molecule has 0 saturated carbocycles. The van der Waals surface area contributed by atoms with Crippen molar-refractivity contribution in [2.24, 2.45) is 5.41 Å². The van der Waals surface area contributed by atoms with Crippen molar-refractivity contribution >= 4 is 5.82 Å². The van der Waals surface area contributed by atoms with E-state index in [4.69, 9.17) is 4.74 Å². The number of nitrogens with zero attached hydrogens (tertiary/aromatic N) is 4. The lowest BCUT2D eigenvalue weighted by molar-refractivity contribution is -0.127. The highest BCUT2D eigenvalue weighted by atomic mass is 16.5. The number of aryl methyl sites for hydroxylation is 2. The summed E-state index contributed by atoms with van der Waals surface area (Å²) < 4.78 is 5.24. The molecule has 172 valence electrons. The van der Waals surface area contributed by atoms with Crippen LogP contribution in [0, 0.1) is 19.3 Å². The first kappa shape index (κ1) is 25.3. The van der Waals surface area contributed by atoms with Gasteiger partial charge in [0.2, 0.25) is 0 Å². The van der Waals surface area contributed by atoms with Gasteiger partial charge in [-0.25, -0.2) is 4.98 Å². The van der Waals surface area contributed by atoms with E-state index >= 15 is 0 Å². The Morgan fingerprint density at radius 1 is 0.903 bits per heavy atom. The van der Waals surface area contributed by atoms with Crippen LogP contribution in [0.25, 0.3) is 0 Å². The van der Waals surface area contributed by atoms with E-state index in [1.54, 1.807) is 0 Å². The summed E-state index contributed by atoms with van der Waals surface area (Å²) in [5.74, 6) is 1.11. The molecule has 1 spiro atoms. The van der Waals surface area contributed by atoms with Crippen LogP contribution in [-0.4, -0.2) is 54.3 Å². The summed E-state index contributed by atoms with van der Waals surface area (Å²) >= 11 is 0. The number of hydrogen-bond donors (Lipinski definition) is 0. The fourth-order valence-corrected chi connectivity index (χ4v) is 3.99. The largest absolute Gasteiger partial charge is 0.380 e. The Bertz CT molecular complexity index is 744. The van der Waals surface area contributed by atoms with Gasteiger partial charge in [0.05, 0.1) is 18.6 Å². The first-order chi connectivity index (χ1) is 15.1. The smallest absolute Gasteiger partial charge is 0.128 e. The summed E-state index contributed by atoms with van der Waals surface area (Å²) in [4.78, 5) is 13.6. The van der Waals surface area contributed by atoms with Gasteiger partial charge in [0, 0.05) is 37.2 Å². The first-order valence-electron chi connectivity index (χ1n) is 12.0. The third kappa shape index (κ3) is 7.29. The van der Waals surface area contributed by atoms with Gasteiger partial charge < -0.3 is 9.64 Å². The van der Waals surface area contributed by atoms with Crippen molar-refractivity contribution in [3.8, 4) is 0 Å². The first-order valence-corrected chi connectivity index (χ1v) is 12.0. The molecule has 5 heteroatoms. The molecule has 0 aliphatic carbocycles. The number of aromatic nitrogens is 2.